The van der Waals surface area contributed by atoms with Gasteiger partial charge in [-0.2, -0.15) is 0 Å². The van der Waals surface area contributed by atoms with Crippen LogP contribution in [0, 0.1) is 0 Å². The standard InChI is InChI=1S/C13H22N2O/c1-3-12-6-7-13(16-12)10-15-8-4-5-11(15)9-14-2/h6-7,11,14H,3-5,8-10H2,1-2H3. The van der Waals surface area contributed by atoms with Gasteiger partial charge in [-0.3, -0.25) is 4.90 Å². The highest BCUT2D eigenvalue weighted by Crippen LogP contribution is 2.20. The number of likely N-dealkylation sites (N-methyl/N-ethyl adjacent to an activating group) is 1. The third-order valence-electron chi connectivity index (χ3n) is 3.36. The van der Waals surface area contributed by atoms with Crippen LogP contribution in [0.15, 0.2) is 16.5 Å². The summed E-state index contributed by atoms with van der Waals surface area (Å²) in [4.78, 5) is 2.52. The highest BCUT2D eigenvalue weighted by atomic mass is 16.3. The summed E-state index contributed by atoms with van der Waals surface area (Å²) in [6.45, 7) is 5.38. The van der Waals surface area contributed by atoms with Gasteiger partial charge in [0.1, 0.15) is 11.5 Å². The van der Waals surface area contributed by atoms with Crippen molar-refractivity contribution in [3.8, 4) is 0 Å². The molecule has 1 saturated heterocycles. The minimum atomic E-state index is 0.681. The Morgan fingerprint density at radius 3 is 2.94 bits per heavy atom. The van der Waals surface area contributed by atoms with Crippen molar-refractivity contribution < 1.29 is 4.42 Å². The first-order valence-electron chi connectivity index (χ1n) is 6.29. The van der Waals surface area contributed by atoms with Crippen molar-refractivity contribution in [2.75, 3.05) is 20.1 Å². The fourth-order valence-corrected chi connectivity index (χ4v) is 2.47. The van der Waals surface area contributed by atoms with Crippen molar-refractivity contribution in [1.29, 1.82) is 0 Å². The highest BCUT2D eigenvalue weighted by Gasteiger charge is 2.24. The first-order valence-corrected chi connectivity index (χ1v) is 6.29. The van der Waals surface area contributed by atoms with E-state index in [0.29, 0.717) is 6.04 Å². The Kier molecular flexibility index (Phi) is 4.02. The summed E-state index contributed by atoms with van der Waals surface area (Å²) >= 11 is 0. The second-order valence-electron chi connectivity index (χ2n) is 4.55. The molecule has 3 nitrogen and oxygen atoms in total. The van der Waals surface area contributed by atoms with Crippen molar-refractivity contribution in [1.82, 2.24) is 10.2 Å². The quantitative estimate of drug-likeness (QED) is 0.826. The van der Waals surface area contributed by atoms with Gasteiger partial charge in [-0.25, -0.2) is 0 Å². The summed E-state index contributed by atoms with van der Waals surface area (Å²) in [5.41, 5.74) is 0. The predicted octanol–water partition coefficient (Wildman–Crippen LogP) is 2.03. The summed E-state index contributed by atoms with van der Waals surface area (Å²) in [6.07, 6.45) is 3.61. The van der Waals surface area contributed by atoms with E-state index in [1.165, 1.54) is 19.4 Å². The second kappa shape index (κ2) is 5.51. The fraction of sp³-hybridized carbons (Fsp3) is 0.692. The Labute approximate surface area is 97.8 Å². The molecular weight excluding hydrogens is 200 g/mol. The molecular formula is C13H22N2O. The second-order valence-corrected chi connectivity index (χ2v) is 4.55. The number of aryl methyl sites for hydroxylation is 1. The van der Waals surface area contributed by atoms with E-state index in [0.717, 1.165) is 31.0 Å². The Morgan fingerprint density at radius 1 is 1.44 bits per heavy atom. The van der Waals surface area contributed by atoms with Gasteiger partial charge in [0.15, 0.2) is 0 Å². The Morgan fingerprint density at radius 2 is 2.25 bits per heavy atom. The normalized spacial score (nSPS) is 21.8. The third-order valence-corrected chi connectivity index (χ3v) is 3.36. The molecule has 0 amide bonds. The lowest BCUT2D eigenvalue weighted by atomic mass is 10.2. The predicted molar refractivity (Wildman–Crippen MR) is 65.4 cm³/mol. The average Bonchev–Trinajstić information content (AvgIpc) is 2.90. The van der Waals surface area contributed by atoms with Crippen LogP contribution in [0.25, 0.3) is 0 Å². The molecule has 0 spiro atoms. The Hall–Kier alpha value is -0.800. The first-order chi connectivity index (χ1) is 7.83. The zero-order valence-corrected chi connectivity index (χ0v) is 10.3. The molecule has 0 aliphatic carbocycles. The lowest BCUT2D eigenvalue weighted by Crippen LogP contribution is -2.36. The molecule has 1 aliphatic heterocycles. The van der Waals surface area contributed by atoms with E-state index in [1.54, 1.807) is 0 Å². The number of likely N-dealkylation sites (tertiary alicyclic amines) is 1. The molecule has 0 bridgehead atoms. The molecule has 3 heteroatoms. The Balaban J connectivity index is 1.92. The van der Waals surface area contributed by atoms with Crippen molar-refractivity contribution in [3.05, 3.63) is 23.7 Å². The molecule has 1 aromatic heterocycles. The lowest BCUT2D eigenvalue weighted by molar-refractivity contribution is 0.221. The Bertz CT molecular complexity index is 321. The van der Waals surface area contributed by atoms with Crippen LogP contribution < -0.4 is 5.32 Å². The van der Waals surface area contributed by atoms with Gasteiger partial charge in [0.05, 0.1) is 6.54 Å². The van der Waals surface area contributed by atoms with Crippen LogP contribution in [0.2, 0.25) is 0 Å². The molecule has 0 saturated carbocycles. The SMILES string of the molecule is CCc1ccc(CN2CCCC2CNC)o1. The summed E-state index contributed by atoms with van der Waals surface area (Å²) in [7, 11) is 2.03. The van der Waals surface area contributed by atoms with Gasteiger partial charge < -0.3 is 9.73 Å². The van der Waals surface area contributed by atoms with Gasteiger partial charge in [0.2, 0.25) is 0 Å². The van der Waals surface area contributed by atoms with E-state index in [-0.39, 0.29) is 0 Å². The number of nitrogens with zero attached hydrogens (tertiary/aromatic N) is 1. The molecule has 1 unspecified atom stereocenters. The van der Waals surface area contributed by atoms with Crippen LogP contribution in [-0.2, 0) is 13.0 Å². The maximum absolute atomic E-state index is 5.76. The zero-order chi connectivity index (χ0) is 11.4. The summed E-state index contributed by atoms with van der Waals surface area (Å²) in [6, 6.07) is 4.90. The number of rotatable bonds is 5. The maximum Gasteiger partial charge on any atom is 0.118 e. The fourth-order valence-electron chi connectivity index (χ4n) is 2.47. The van der Waals surface area contributed by atoms with Crippen LogP contribution in [0.1, 0.15) is 31.3 Å². The maximum atomic E-state index is 5.76. The molecule has 2 heterocycles. The summed E-state index contributed by atoms with van der Waals surface area (Å²) in [5.74, 6) is 2.21. The monoisotopic (exact) mass is 222 g/mol. The van der Waals surface area contributed by atoms with Gasteiger partial charge in [-0.1, -0.05) is 6.92 Å². The number of hydrogen-bond donors (Lipinski definition) is 1. The van der Waals surface area contributed by atoms with Crippen LogP contribution in [0.5, 0.6) is 0 Å². The zero-order valence-electron chi connectivity index (χ0n) is 10.3. The number of furan rings is 1. The number of hydrogen-bond acceptors (Lipinski definition) is 3. The summed E-state index contributed by atoms with van der Waals surface area (Å²) in [5, 5.41) is 3.27. The van der Waals surface area contributed by atoms with Crippen molar-refractivity contribution >= 4 is 0 Å². The molecule has 1 atom stereocenters. The highest BCUT2D eigenvalue weighted by molar-refractivity contribution is 5.07. The number of nitrogens with one attached hydrogen (secondary N) is 1. The molecule has 90 valence electrons. The molecule has 16 heavy (non-hydrogen) atoms. The topological polar surface area (TPSA) is 28.4 Å². The van der Waals surface area contributed by atoms with Crippen molar-refractivity contribution in [2.24, 2.45) is 0 Å². The van der Waals surface area contributed by atoms with Gasteiger partial charge in [-0.05, 0) is 38.6 Å². The molecule has 1 aromatic rings. The van der Waals surface area contributed by atoms with Crippen LogP contribution >= 0.6 is 0 Å². The molecule has 0 radical (unpaired) electrons. The molecule has 1 N–H and O–H groups in total. The van der Waals surface area contributed by atoms with Crippen LogP contribution in [0.3, 0.4) is 0 Å². The van der Waals surface area contributed by atoms with Crippen LogP contribution in [-0.4, -0.2) is 31.1 Å². The lowest BCUT2D eigenvalue weighted by Gasteiger charge is -2.22. The molecule has 2 rings (SSSR count). The van der Waals surface area contributed by atoms with Gasteiger partial charge in [-0.15, -0.1) is 0 Å². The summed E-state index contributed by atoms with van der Waals surface area (Å²) < 4.78 is 5.76. The van der Waals surface area contributed by atoms with E-state index in [2.05, 4.69) is 29.3 Å². The van der Waals surface area contributed by atoms with Gasteiger partial charge in [0.25, 0.3) is 0 Å². The third kappa shape index (κ3) is 2.66. The average molecular weight is 222 g/mol. The van der Waals surface area contributed by atoms with Crippen molar-refractivity contribution in [2.45, 2.75) is 38.8 Å². The van der Waals surface area contributed by atoms with Crippen molar-refractivity contribution in [3.63, 3.8) is 0 Å². The van der Waals surface area contributed by atoms with Gasteiger partial charge in [0, 0.05) is 19.0 Å². The smallest absolute Gasteiger partial charge is 0.118 e. The first kappa shape index (κ1) is 11.7. The van der Waals surface area contributed by atoms with E-state index in [4.69, 9.17) is 4.42 Å². The molecule has 0 aromatic carbocycles. The van der Waals surface area contributed by atoms with Gasteiger partial charge >= 0.3 is 0 Å². The van der Waals surface area contributed by atoms with E-state index in [9.17, 15) is 0 Å². The molecule has 1 fully saturated rings. The van der Waals surface area contributed by atoms with E-state index in [1.807, 2.05) is 7.05 Å². The van der Waals surface area contributed by atoms with E-state index >= 15 is 0 Å². The largest absolute Gasteiger partial charge is 0.465 e. The minimum absolute atomic E-state index is 0.681. The van der Waals surface area contributed by atoms with E-state index < -0.39 is 0 Å². The molecule has 1 aliphatic rings. The van der Waals surface area contributed by atoms with Crippen LogP contribution in [0.4, 0.5) is 0 Å². The minimum Gasteiger partial charge on any atom is -0.465 e.